The first-order chi connectivity index (χ1) is 11.2. The first kappa shape index (κ1) is 15.7. The monoisotopic (exact) mass is 317 g/mol. The maximum Gasteiger partial charge on any atom is 0.267 e. The lowest BCUT2D eigenvalue weighted by Crippen LogP contribution is -2.36. The highest BCUT2D eigenvalue weighted by molar-refractivity contribution is 5.22. The van der Waals surface area contributed by atoms with Gasteiger partial charge < -0.3 is 4.74 Å². The molecule has 0 aliphatic carbocycles. The standard InChI is InChI=1S/C17H20FN3O2/c1-2-21-17(22)11-13-12-20(8-7-16(13)19-21)9-10-23-15-5-3-14(18)4-6-15/h3-6,11H,2,7-10,12H2,1H3. The average molecular weight is 317 g/mol. The van der Waals surface area contributed by atoms with Gasteiger partial charge in [-0.15, -0.1) is 0 Å². The van der Waals surface area contributed by atoms with Gasteiger partial charge in [-0.25, -0.2) is 9.07 Å². The van der Waals surface area contributed by atoms with E-state index in [0.29, 0.717) is 18.9 Å². The van der Waals surface area contributed by atoms with Crippen LogP contribution in [-0.4, -0.2) is 34.4 Å². The van der Waals surface area contributed by atoms with Gasteiger partial charge in [0.1, 0.15) is 18.2 Å². The van der Waals surface area contributed by atoms with Crippen LogP contribution >= 0.6 is 0 Å². The summed E-state index contributed by atoms with van der Waals surface area (Å²) in [6.45, 7) is 5.42. The lowest BCUT2D eigenvalue weighted by molar-refractivity contribution is 0.194. The Balaban J connectivity index is 1.56. The summed E-state index contributed by atoms with van der Waals surface area (Å²) in [6.07, 6.45) is 0.839. The van der Waals surface area contributed by atoms with Crippen LogP contribution in [-0.2, 0) is 19.5 Å². The van der Waals surface area contributed by atoms with Crippen molar-refractivity contribution in [1.82, 2.24) is 14.7 Å². The first-order valence-electron chi connectivity index (χ1n) is 7.86. The highest BCUT2D eigenvalue weighted by Gasteiger charge is 2.18. The van der Waals surface area contributed by atoms with E-state index < -0.39 is 0 Å². The lowest BCUT2D eigenvalue weighted by atomic mass is 10.1. The second-order valence-electron chi connectivity index (χ2n) is 5.60. The molecule has 0 saturated carbocycles. The van der Waals surface area contributed by atoms with Gasteiger partial charge in [0.2, 0.25) is 0 Å². The van der Waals surface area contributed by atoms with Crippen LogP contribution in [0.1, 0.15) is 18.2 Å². The maximum atomic E-state index is 12.8. The minimum atomic E-state index is -0.268. The van der Waals surface area contributed by atoms with Crippen molar-refractivity contribution in [2.24, 2.45) is 0 Å². The number of halogens is 1. The van der Waals surface area contributed by atoms with Gasteiger partial charge in [-0.05, 0) is 36.8 Å². The Kier molecular flexibility index (Phi) is 4.71. The van der Waals surface area contributed by atoms with E-state index in [-0.39, 0.29) is 11.4 Å². The van der Waals surface area contributed by atoms with E-state index in [0.717, 1.165) is 37.3 Å². The van der Waals surface area contributed by atoms with Crippen molar-refractivity contribution >= 4 is 0 Å². The summed E-state index contributed by atoms with van der Waals surface area (Å²) >= 11 is 0. The molecule has 6 heteroatoms. The Labute approximate surface area is 134 Å². The van der Waals surface area contributed by atoms with Crippen LogP contribution < -0.4 is 10.3 Å². The fraction of sp³-hybridized carbons (Fsp3) is 0.412. The molecule has 0 unspecified atom stereocenters. The van der Waals surface area contributed by atoms with Crippen molar-refractivity contribution < 1.29 is 9.13 Å². The normalized spacial score (nSPS) is 14.5. The zero-order chi connectivity index (χ0) is 16.2. The second-order valence-corrected chi connectivity index (χ2v) is 5.60. The van der Waals surface area contributed by atoms with Gasteiger partial charge in [-0.3, -0.25) is 9.69 Å². The molecule has 2 aromatic rings. The third kappa shape index (κ3) is 3.76. The summed E-state index contributed by atoms with van der Waals surface area (Å²) in [5, 5.41) is 4.41. The average Bonchev–Trinajstić information content (AvgIpc) is 2.56. The Morgan fingerprint density at radius 3 is 2.83 bits per heavy atom. The minimum absolute atomic E-state index is 0.0457. The number of rotatable bonds is 5. The topological polar surface area (TPSA) is 47.4 Å². The van der Waals surface area contributed by atoms with Gasteiger partial charge in [0.15, 0.2) is 0 Å². The van der Waals surface area contributed by atoms with Gasteiger partial charge in [-0.1, -0.05) is 0 Å². The predicted octanol–water partition coefficient (Wildman–Crippen LogP) is 1.84. The molecule has 1 aromatic carbocycles. The van der Waals surface area contributed by atoms with Crippen molar-refractivity contribution in [1.29, 1.82) is 0 Å². The molecule has 0 saturated heterocycles. The summed E-state index contributed by atoms with van der Waals surface area (Å²) in [7, 11) is 0. The summed E-state index contributed by atoms with van der Waals surface area (Å²) in [4.78, 5) is 14.1. The molecule has 1 aliphatic heterocycles. The quantitative estimate of drug-likeness (QED) is 0.844. The van der Waals surface area contributed by atoms with Crippen LogP contribution in [0.2, 0.25) is 0 Å². The number of fused-ring (bicyclic) bond motifs is 1. The SMILES string of the molecule is CCn1nc2c(cc1=O)CN(CCOc1ccc(F)cc1)CC2. The number of aryl methyl sites for hydroxylation is 1. The molecule has 1 aromatic heterocycles. The number of nitrogens with zero attached hydrogens (tertiary/aromatic N) is 3. The van der Waals surface area contributed by atoms with E-state index >= 15 is 0 Å². The zero-order valence-corrected chi connectivity index (χ0v) is 13.2. The van der Waals surface area contributed by atoms with E-state index in [4.69, 9.17) is 4.74 Å². The summed E-state index contributed by atoms with van der Waals surface area (Å²) < 4.78 is 20.0. The molecule has 0 N–H and O–H groups in total. The Bertz CT molecular complexity index is 728. The van der Waals surface area contributed by atoms with Crippen molar-refractivity contribution in [3.63, 3.8) is 0 Å². The molecule has 0 fully saturated rings. The second kappa shape index (κ2) is 6.91. The van der Waals surface area contributed by atoms with Crippen molar-refractivity contribution in [2.75, 3.05) is 19.7 Å². The number of hydrogen-bond acceptors (Lipinski definition) is 4. The number of benzene rings is 1. The molecule has 0 radical (unpaired) electrons. The summed E-state index contributed by atoms with van der Waals surface area (Å²) in [5.41, 5.74) is 1.98. The van der Waals surface area contributed by atoms with Gasteiger partial charge in [0.05, 0.1) is 5.69 Å². The largest absolute Gasteiger partial charge is 0.492 e. The molecule has 1 aliphatic rings. The van der Waals surface area contributed by atoms with Crippen LogP contribution in [0, 0.1) is 5.82 Å². The van der Waals surface area contributed by atoms with Crippen LogP contribution in [0.5, 0.6) is 5.75 Å². The molecule has 122 valence electrons. The van der Waals surface area contributed by atoms with E-state index in [1.54, 1.807) is 18.2 Å². The van der Waals surface area contributed by atoms with Crippen LogP contribution in [0.3, 0.4) is 0 Å². The van der Waals surface area contributed by atoms with E-state index in [9.17, 15) is 9.18 Å². The van der Waals surface area contributed by atoms with Crippen molar-refractivity contribution in [3.05, 3.63) is 57.8 Å². The first-order valence-corrected chi connectivity index (χ1v) is 7.86. The molecular formula is C17H20FN3O2. The Morgan fingerprint density at radius 2 is 2.09 bits per heavy atom. The Morgan fingerprint density at radius 1 is 1.30 bits per heavy atom. The predicted molar refractivity (Wildman–Crippen MR) is 85.0 cm³/mol. The molecule has 0 spiro atoms. The van der Waals surface area contributed by atoms with Crippen molar-refractivity contribution in [2.45, 2.75) is 26.4 Å². The molecule has 0 bridgehead atoms. The molecule has 0 atom stereocenters. The molecule has 5 nitrogen and oxygen atoms in total. The van der Waals surface area contributed by atoms with Gasteiger partial charge >= 0.3 is 0 Å². The number of hydrogen-bond donors (Lipinski definition) is 0. The molecule has 2 heterocycles. The number of aromatic nitrogens is 2. The summed E-state index contributed by atoms with van der Waals surface area (Å²) in [5.74, 6) is 0.395. The molecule has 0 amide bonds. The van der Waals surface area contributed by atoms with Gasteiger partial charge in [0, 0.05) is 38.7 Å². The fourth-order valence-corrected chi connectivity index (χ4v) is 2.74. The molecule has 23 heavy (non-hydrogen) atoms. The van der Waals surface area contributed by atoms with Crippen molar-refractivity contribution in [3.8, 4) is 5.75 Å². The smallest absolute Gasteiger partial charge is 0.267 e. The molecular weight excluding hydrogens is 297 g/mol. The Hall–Kier alpha value is -2.21. The highest BCUT2D eigenvalue weighted by Crippen LogP contribution is 2.15. The van der Waals surface area contributed by atoms with Crippen LogP contribution in [0.4, 0.5) is 4.39 Å². The van der Waals surface area contributed by atoms with Gasteiger partial charge in [0.25, 0.3) is 5.56 Å². The fourth-order valence-electron chi connectivity index (χ4n) is 2.74. The number of ether oxygens (including phenoxy) is 1. The van der Waals surface area contributed by atoms with E-state index in [1.807, 2.05) is 6.92 Å². The lowest BCUT2D eigenvalue weighted by Gasteiger charge is -2.28. The van der Waals surface area contributed by atoms with E-state index in [1.165, 1.54) is 16.8 Å². The van der Waals surface area contributed by atoms with E-state index in [2.05, 4.69) is 10.00 Å². The molecule has 3 rings (SSSR count). The highest BCUT2D eigenvalue weighted by atomic mass is 19.1. The third-order valence-electron chi connectivity index (χ3n) is 4.01. The zero-order valence-electron chi connectivity index (χ0n) is 13.2. The third-order valence-corrected chi connectivity index (χ3v) is 4.01. The maximum absolute atomic E-state index is 12.8. The van der Waals surface area contributed by atoms with Crippen LogP contribution in [0.25, 0.3) is 0 Å². The minimum Gasteiger partial charge on any atom is -0.492 e. The van der Waals surface area contributed by atoms with Crippen LogP contribution in [0.15, 0.2) is 35.1 Å². The summed E-state index contributed by atoms with van der Waals surface area (Å²) in [6, 6.07) is 7.71. The van der Waals surface area contributed by atoms with Gasteiger partial charge in [-0.2, -0.15) is 5.10 Å².